The quantitative estimate of drug-likeness (QED) is 0.785. The maximum atomic E-state index is 5.79. The maximum Gasteiger partial charge on any atom is 0.122 e. The van der Waals surface area contributed by atoms with Crippen molar-refractivity contribution in [2.24, 2.45) is 5.73 Å². The monoisotopic (exact) mass is 300 g/mol. The van der Waals surface area contributed by atoms with Gasteiger partial charge in [-0.15, -0.1) is 0 Å². The number of benzene rings is 1. The topological polar surface area (TPSA) is 38.5 Å². The largest absolute Gasteiger partial charge is 0.493 e. The molecule has 0 saturated heterocycles. The summed E-state index contributed by atoms with van der Waals surface area (Å²) in [7, 11) is 4.14. The summed E-state index contributed by atoms with van der Waals surface area (Å²) in [5, 5.41) is 0. The van der Waals surface area contributed by atoms with E-state index in [1.165, 1.54) is 5.56 Å². The second-order valence-corrected chi connectivity index (χ2v) is 5.21. The number of rotatable bonds is 7. The molecular formula is C13H21BrN2O. The van der Waals surface area contributed by atoms with Gasteiger partial charge in [-0.2, -0.15) is 0 Å². The fourth-order valence-corrected chi connectivity index (χ4v) is 2.01. The summed E-state index contributed by atoms with van der Waals surface area (Å²) in [6.07, 6.45) is 1.88. The molecule has 0 saturated carbocycles. The van der Waals surface area contributed by atoms with Crippen LogP contribution in [0.1, 0.15) is 12.0 Å². The second-order valence-electron chi connectivity index (χ2n) is 4.30. The zero-order valence-corrected chi connectivity index (χ0v) is 12.2. The predicted molar refractivity (Wildman–Crippen MR) is 75.6 cm³/mol. The van der Waals surface area contributed by atoms with Crippen molar-refractivity contribution < 1.29 is 4.74 Å². The lowest BCUT2D eigenvalue weighted by molar-refractivity contribution is 0.279. The normalized spacial score (nSPS) is 10.9. The van der Waals surface area contributed by atoms with Gasteiger partial charge in [0.25, 0.3) is 0 Å². The van der Waals surface area contributed by atoms with E-state index in [0.29, 0.717) is 6.54 Å². The molecule has 0 spiro atoms. The Bertz CT molecular complexity index is 342. The summed E-state index contributed by atoms with van der Waals surface area (Å²) >= 11 is 3.46. The number of halogens is 1. The van der Waals surface area contributed by atoms with Crippen LogP contribution in [-0.4, -0.2) is 38.7 Å². The Labute approximate surface area is 112 Å². The molecule has 0 bridgehead atoms. The van der Waals surface area contributed by atoms with Crippen molar-refractivity contribution in [3.63, 3.8) is 0 Å². The molecule has 0 aliphatic carbocycles. The van der Waals surface area contributed by atoms with Crippen molar-refractivity contribution in [1.29, 1.82) is 0 Å². The Hall–Kier alpha value is -0.580. The molecule has 0 amide bonds. The summed E-state index contributed by atoms with van der Waals surface area (Å²) < 4.78 is 6.86. The molecule has 3 nitrogen and oxygen atoms in total. The molecule has 1 rings (SSSR count). The number of nitrogens with two attached hydrogens (primary N) is 1. The van der Waals surface area contributed by atoms with E-state index in [1.807, 2.05) is 12.1 Å². The van der Waals surface area contributed by atoms with Crippen LogP contribution < -0.4 is 10.5 Å². The van der Waals surface area contributed by atoms with Crippen LogP contribution in [0.2, 0.25) is 0 Å². The highest BCUT2D eigenvalue weighted by atomic mass is 79.9. The molecule has 0 aliphatic rings. The zero-order chi connectivity index (χ0) is 12.7. The molecule has 1 aromatic carbocycles. The summed E-state index contributed by atoms with van der Waals surface area (Å²) in [6, 6.07) is 6.08. The van der Waals surface area contributed by atoms with Gasteiger partial charge in [-0.25, -0.2) is 0 Å². The number of nitrogens with zero attached hydrogens (tertiary/aromatic N) is 1. The van der Waals surface area contributed by atoms with Gasteiger partial charge in [0.2, 0.25) is 0 Å². The Kier molecular flexibility index (Phi) is 6.55. The first kappa shape index (κ1) is 14.5. The van der Waals surface area contributed by atoms with Crippen LogP contribution in [0.3, 0.4) is 0 Å². The minimum atomic E-state index is 0.643. The smallest absolute Gasteiger partial charge is 0.122 e. The van der Waals surface area contributed by atoms with Crippen LogP contribution >= 0.6 is 15.9 Å². The first-order valence-electron chi connectivity index (χ1n) is 5.89. The predicted octanol–water partition coefficient (Wildman–Crippen LogP) is 2.28. The lowest BCUT2D eigenvalue weighted by Gasteiger charge is -2.13. The first-order chi connectivity index (χ1) is 8.13. The Morgan fingerprint density at radius 3 is 2.76 bits per heavy atom. The maximum absolute atomic E-state index is 5.79. The van der Waals surface area contributed by atoms with Crippen LogP contribution in [0.5, 0.6) is 5.75 Å². The summed E-state index contributed by atoms with van der Waals surface area (Å²) in [4.78, 5) is 2.16. The molecule has 0 heterocycles. The average molecular weight is 301 g/mol. The minimum absolute atomic E-state index is 0.643. The van der Waals surface area contributed by atoms with Crippen molar-refractivity contribution in [2.45, 2.75) is 12.8 Å². The van der Waals surface area contributed by atoms with E-state index >= 15 is 0 Å². The third-order valence-electron chi connectivity index (χ3n) is 2.44. The van der Waals surface area contributed by atoms with Gasteiger partial charge in [-0.05, 0) is 57.2 Å². The van der Waals surface area contributed by atoms with Crippen LogP contribution in [0, 0.1) is 0 Å². The Morgan fingerprint density at radius 2 is 2.12 bits per heavy atom. The molecule has 0 unspecified atom stereocenters. The van der Waals surface area contributed by atoms with Gasteiger partial charge in [0.05, 0.1) is 6.61 Å². The van der Waals surface area contributed by atoms with Gasteiger partial charge in [0, 0.05) is 11.0 Å². The van der Waals surface area contributed by atoms with Gasteiger partial charge < -0.3 is 15.4 Å². The molecule has 17 heavy (non-hydrogen) atoms. The number of hydrogen-bond donors (Lipinski definition) is 1. The van der Waals surface area contributed by atoms with Crippen molar-refractivity contribution in [1.82, 2.24) is 4.90 Å². The van der Waals surface area contributed by atoms with Crippen molar-refractivity contribution >= 4 is 15.9 Å². The zero-order valence-electron chi connectivity index (χ0n) is 10.6. The lowest BCUT2D eigenvalue weighted by Crippen LogP contribution is -2.16. The lowest BCUT2D eigenvalue weighted by atomic mass is 10.1. The Balaban J connectivity index is 2.51. The molecule has 96 valence electrons. The minimum Gasteiger partial charge on any atom is -0.493 e. The standard InChI is InChI=1S/C13H21BrN2O/c1-16(2)8-3-9-17-13-5-4-12(14)10-11(13)6-7-15/h4-5,10H,3,6-9,15H2,1-2H3. The van der Waals surface area contributed by atoms with Gasteiger partial charge >= 0.3 is 0 Å². The molecule has 0 aliphatic heterocycles. The van der Waals surface area contributed by atoms with E-state index in [0.717, 1.165) is 36.2 Å². The van der Waals surface area contributed by atoms with Crippen molar-refractivity contribution in [3.8, 4) is 5.75 Å². The van der Waals surface area contributed by atoms with E-state index in [1.54, 1.807) is 0 Å². The highest BCUT2D eigenvalue weighted by Gasteiger charge is 2.04. The molecular weight excluding hydrogens is 280 g/mol. The third-order valence-corrected chi connectivity index (χ3v) is 2.94. The molecule has 0 atom stereocenters. The molecule has 0 fully saturated rings. The van der Waals surface area contributed by atoms with Crippen molar-refractivity contribution in [3.05, 3.63) is 28.2 Å². The van der Waals surface area contributed by atoms with Crippen LogP contribution in [0.25, 0.3) is 0 Å². The van der Waals surface area contributed by atoms with E-state index in [9.17, 15) is 0 Å². The fourth-order valence-electron chi connectivity index (χ4n) is 1.60. The highest BCUT2D eigenvalue weighted by Crippen LogP contribution is 2.23. The van der Waals surface area contributed by atoms with Crippen LogP contribution in [-0.2, 0) is 6.42 Å². The molecule has 2 N–H and O–H groups in total. The van der Waals surface area contributed by atoms with E-state index < -0.39 is 0 Å². The molecule has 1 aromatic rings. The van der Waals surface area contributed by atoms with Gasteiger partial charge in [-0.1, -0.05) is 15.9 Å². The number of hydrogen-bond acceptors (Lipinski definition) is 3. The SMILES string of the molecule is CN(C)CCCOc1ccc(Br)cc1CCN. The average Bonchev–Trinajstić information content (AvgIpc) is 2.27. The highest BCUT2D eigenvalue weighted by molar-refractivity contribution is 9.10. The van der Waals surface area contributed by atoms with Crippen LogP contribution in [0.15, 0.2) is 22.7 Å². The van der Waals surface area contributed by atoms with Crippen LogP contribution in [0.4, 0.5) is 0 Å². The Morgan fingerprint density at radius 1 is 1.35 bits per heavy atom. The molecule has 0 radical (unpaired) electrons. The summed E-state index contributed by atoms with van der Waals surface area (Å²) in [6.45, 7) is 2.44. The van der Waals surface area contributed by atoms with Gasteiger partial charge in [0.1, 0.15) is 5.75 Å². The van der Waals surface area contributed by atoms with E-state index in [-0.39, 0.29) is 0 Å². The summed E-state index contributed by atoms with van der Waals surface area (Å²) in [5.74, 6) is 0.956. The molecule has 4 heteroatoms. The van der Waals surface area contributed by atoms with Gasteiger partial charge in [0.15, 0.2) is 0 Å². The fraction of sp³-hybridized carbons (Fsp3) is 0.538. The van der Waals surface area contributed by atoms with Gasteiger partial charge in [-0.3, -0.25) is 0 Å². The van der Waals surface area contributed by atoms with E-state index in [4.69, 9.17) is 10.5 Å². The first-order valence-corrected chi connectivity index (χ1v) is 6.69. The van der Waals surface area contributed by atoms with Crippen molar-refractivity contribution in [2.75, 3.05) is 33.8 Å². The number of ether oxygens (including phenoxy) is 1. The second kappa shape index (κ2) is 7.69. The third kappa shape index (κ3) is 5.52. The molecule has 0 aromatic heterocycles. The summed E-state index contributed by atoms with van der Waals surface area (Å²) in [5.41, 5.74) is 6.77. The van der Waals surface area contributed by atoms with E-state index in [2.05, 4.69) is 41.0 Å².